The molecule has 0 aliphatic carbocycles. The lowest BCUT2D eigenvalue weighted by molar-refractivity contribution is -0.132. The van der Waals surface area contributed by atoms with Gasteiger partial charge in [0.05, 0.1) is 24.4 Å². The molecule has 0 unspecified atom stereocenters. The number of fused-ring (bicyclic) bond motifs is 1. The molecule has 2 aromatic heterocycles. The van der Waals surface area contributed by atoms with Crippen LogP contribution < -0.4 is 5.56 Å². The predicted molar refractivity (Wildman–Crippen MR) is 109 cm³/mol. The molecule has 4 rings (SSSR count). The first-order valence-corrected chi connectivity index (χ1v) is 10.6. The van der Waals surface area contributed by atoms with E-state index in [0.717, 1.165) is 11.1 Å². The number of rotatable bonds is 4. The molecule has 0 saturated carbocycles. The van der Waals surface area contributed by atoms with Gasteiger partial charge in [-0.3, -0.25) is 9.59 Å². The molecule has 0 radical (unpaired) electrons. The zero-order chi connectivity index (χ0) is 18.8. The number of benzene rings is 1. The van der Waals surface area contributed by atoms with Crippen LogP contribution in [-0.4, -0.2) is 52.8 Å². The summed E-state index contributed by atoms with van der Waals surface area (Å²) in [5.74, 6) is 0.294. The molecular weight excluding hydrogens is 382 g/mol. The van der Waals surface area contributed by atoms with Gasteiger partial charge in [0.25, 0.3) is 5.56 Å². The van der Waals surface area contributed by atoms with Crippen molar-refractivity contribution in [1.82, 2.24) is 14.9 Å². The number of aromatic amines is 1. The first-order chi connectivity index (χ1) is 13.1. The van der Waals surface area contributed by atoms with Crippen LogP contribution in [0.25, 0.3) is 21.3 Å². The summed E-state index contributed by atoms with van der Waals surface area (Å²) in [5, 5.41) is 3.05. The van der Waals surface area contributed by atoms with Gasteiger partial charge in [0, 0.05) is 24.0 Å². The molecule has 1 aliphatic heterocycles. The van der Waals surface area contributed by atoms with E-state index in [1.807, 2.05) is 36.6 Å². The molecule has 0 bridgehead atoms. The van der Waals surface area contributed by atoms with E-state index in [9.17, 15) is 9.59 Å². The summed E-state index contributed by atoms with van der Waals surface area (Å²) >= 11 is 2.71. The molecule has 1 amide bonds. The number of aromatic nitrogens is 2. The lowest BCUT2D eigenvalue weighted by Crippen LogP contribution is -2.41. The highest BCUT2D eigenvalue weighted by Gasteiger charge is 2.18. The molecule has 3 heterocycles. The molecular formula is C19H19N3O3S2. The summed E-state index contributed by atoms with van der Waals surface area (Å²) < 4.78 is 5.26. The highest BCUT2D eigenvalue weighted by atomic mass is 32.2. The van der Waals surface area contributed by atoms with Crippen LogP contribution in [0.4, 0.5) is 0 Å². The quantitative estimate of drug-likeness (QED) is 0.537. The molecule has 0 spiro atoms. The van der Waals surface area contributed by atoms with Crippen LogP contribution in [0.15, 0.2) is 39.6 Å². The molecule has 6 nitrogen and oxygen atoms in total. The number of ether oxygens (including phenoxy) is 1. The summed E-state index contributed by atoms with van der Waals surface area (Å²) in [6.07, 6.45) is 0. The minimum Gasteiger partial charge on any atom is -0.378 e. The Kier molecular flexibility index (Phi) is 5.29. The van der Waals surface area contributed by atoms with E-state index in [1.54, 1.807) is 4.90 Å². The smallest absolute Gasteiger partial charge is 0.260 e. The molecule has 27 heavy (non-hydrogen) atoms. The maximum atomic E-state index is 12.7. The van der Waals surface area contributed by atoms with Gasteiger partial charge in [0.1, 0.15) is 4.83 Å². The number of thioether (sulfide) groups is 1. The van der Waals surface area contributed by atoms with Gasteiger partial charge in [0.2, 0.25) is 5.91 Å². The number of H-pyrrole nitrogens is 1. The molecule has 1 fully saturated rings. The van der Waals surface area contributed by atoms with Crippen molar-refractivity contribution < 1.29 is 9.53 Å². The Labute approximate surface area is 164 Å². The van der Waals surface area contributed by atoms with Crippen molar-refractivity contribution in [2.45, 2.75) is 12.1 Å². The molecule has 140 valence electrons. The van der Waals surface area contributed by atoms with Gasteiger partial charge >= 0.3 is 0 Å². The number of hydrogen-bond acceptors (Lipinski definition) is 6. The van der Waals surface area contributed by atoms with E-state index in [0.29, 0.717) is 41.7 Å². The Morgan fingerprint density at radius 1 is 1.30 bits per heavy atom. The van der Waals surface area contributed by atoms with Crippen molar-refractivity contribution in [2.24, 2.45) is 0 Å². The number of aryl methyl sites for hydroxylation is 1. The number of carbonyl (C=O) groups excluding carboxylic acids is 1. The summed E-state index contributed by atoms with van der Waals surface area (Å²) in [7, 11) is 0. The van der Waals surface area contributed by atoms with Crippen molar-refractivity contribution >= 4 is 39.2 Å². The van der Waals surface area contributed by atoms with Crippen LogP contribution in [0.1, 0.15) is 5.56 Å². The Balaban J connectivity index is 1.55. The fraction of sp³-hybridized carbons (Fsp3) is 0.316. The Morgan fingerprint density at radius 3 is 2.78 bits per heavy atom. The van der Waals surface area contributed by atoms with E-state index in [-0.39, 0.29) is 17.2 Å². The van der Waals surface area contributed by atoms with Gasteiger partial charge in [0.15, 0.2) is 5.16 Å². The van der Waals surface area contributed by atoms with Gasteiger partial charge in [-0.25, -0.2) is 4.98 Å². The summed E-state index contributed by atoms with van der Waals surface area (Å²) in [6.45, 7) is 4.43. The number of nitrogens with zero attached hydrogens (tertiary/aromatic N) is 2. The van der Waals surface area contributed by atoms with Crippen LogP contribution >= 0.6 is 23.1 Å². The number of hydrogen-bond donors (Lipinski definition) is 1. The van der Waals surface area contributed by atoms with Crippen molar-refractivity contribution in [3.63, 3.8) is 0 Å². The Bertz CT molecular complexity index is 1020. The van der Waals surface area contributed by atoms with E-state index < -0.39 is 0 Å². The maximum absolute atomic E-state index is 12.7. The van der Waals surface area contributed by atoms with E-state index in [1.165, 1.54) is 28.7 Å². The van der Waals surface area contributed by atoms with Gasteiger partial charge < -0.3 is 14.6 Å². The molecule has 1 saturated heterocycles. The third-order valence-electron chi connectivity index (χ3n) is 4.48. The molecule has 1 aromatic carbocycles. The number of amides is 1. The highest BCUT2D eigenvalue weighted by Crippen LogP contribution is 2.31. The normalized spacial score (nSPS) is 14.6. The third kappa shape index (κ3) is 3.92. The average Bonchev–Trinajstić information content (AvgIpc) is 3.12. The van der Waals surface area contributed by atoms with Crippen LogP contribution in [0.3, 0.4) is 0 Å². The van der Waals surface area contributed by atoms with Crippen molar-refractivity contribution in [3.8, 4) is 11.1 Å². The summed E-state index contributed by atoms with van der Waals surface area (Å²) in [4.78, 5) is 34.8. The molecule has 3 aromatic rings. The highest BCUT2D eigenvalue weighted by molar-refractivity contribution is 7.99. The zero-order valence-electron chi connectivity index (χ0n) is 14.9. The standard InChI is InChI=1S/C19H19N3O3S2/c1-12-2-4-13(5-3-12)14-10-26-18-16(14)17(24)20-19(21-18)27-11-15(23)22-6-8-25-9-7-22/h2-5,10H,6-9,11H2,1H3,(H,20,21,24). The van der Waals surface area contributed by atoms with Crippen LogP contribution in [-0.2, 0) is 9.53 Å². The van der Waals surface area contributed by atoms with Gasteiger partial charge in [-0.05, 0) is 12.5 Å². The second-order valence-corrected chi connectivity index (χ2v) is 8.17. The van der Waals surface area contributed by atoms with E-state index in [4.69, 9.17) is 4.74 Å². The zero-order valence-corrected chi connectivity index (χ0v) is 16.5. The minimum atomic E-state index is -0.168. The van der Waals surface area contributed by atoms with Gasteiger partial charge in [-0.15, -0.1) is 11.3 Å². The molecule has 8 heteroatoms. The average molecular weight is 402 g/mol. The number of thiophene rings is 1. The molecule has 1 N–H and O–H groups in total. The van der Waals surface area contributed by atoms with Gasteiger partial charge in [-0.1, -0.05) is 41.6 Å². The van der Waals surface area contributed by atoms with Crippen molar-refractivity contribution in [3.05, 3.63) is 45.6 Å². The maximum Gasteiger partial charge on any atom is 0.260 e. The lowest BCUT2D eigenvalue weighted by Gasteiger charge is -2.26. The summed E-state index contributed by atoms with van der Waals surface area (Å²) in [6, 6.07) is 8.09. The van der Waals surface area contributed by atoms with E-state index >= 15 is 0 Å². The SMILES string of the molecule is Cc1ccc(-c2csc3nc(SCC(=O)N4CCOCC4)[nH]c(=O)c23)cc1. The monoisotopic (exact) mass is 401 g/mol. The van der Waals surface area contributed by atoms with Crippen LogP contribution in [0, 0.1) is 6.92 Å². The first-order valence-electron chi connectivity index (χ1n) is 8.69. The van der Waals surface area contributed by atoms with Crippen LogP contribution in [0.5, 0.6) is 0 Å². The fourth-order valence-electron chi connectivity index (χ4n) is 2.98. The Hall–Kier alpha value is -2.16. The number of morpholine rings is 1. The number of carbonyl (C=O) groups is 1. The molecule has 0 atom stereocenters. The lowest BCUT2D eigenvalue weighted by atomic mass is 10.1. The molecule has 1 aliphatic rings. The fourth-order valence-corrected chi connectivity index (χ4v) is 4.75. The van der Waals surface area contributed by atoms with Crippen LogP contribution in [0.2, 0.25) is 0 Å². The minimum absolute atomic E-state index is 0.0394. The topological polar surface area (TPSA) is 75.3 Å². The predicted octanol–water partition coefficient (Wildman–Crippen LogP) is 2.91. The summed E-state index contributed by atoms with van der Waals surface area (Å²) in [5.41, 5.74) is 2.90. The second-order valence-electron chi connectivity index (χ2n) is 6.35. The second kappa shape index (κ2) is 7.84. The van der Waals surface area contributed by atoms with Crippen molar-refractivity contribution in [2.75, 3.05) is 32.1 Å². The number of nitrogens with one attached hydrogen (secondary N) is 1. The third-order valence-corrected chi connectivity index (χ3v) is 6.21. The van der Waals surface area contributed by atoms with Gasteiger partial charge in [-0.2, -0.15) is 0 Å². The Morgan fingerprint density at radius 2 is 2.04 bits per heavy atom. The largest absolute Gasteiger partial charge is 0.378 e. The first kappa shape index (κ1) is 18.2. The van der Waals surface area contributed by atoms with E-state index in [2.05, 4.69) is 9.97 Å². The van der Waals surface area contributed by atoms with Crippen molar-refractivity contribution in [1.29, 1.82) is 0 Å².